The molecule has 0 radical (unpaired) electrons. The molecule has 0 fully saturated rings. The summed E-state index contributed by atoms with van der Waals surface area (Å²) in [6.07, 6.45) is 7.98. The summed E-state index contributed by atoms with van der Waals surface area (Å²) in [5.74, 6) is 0. The molecule has 0 aliphatic heterocycles. The first-order valence-corrected chi connectivity index (χ1v) is 18.5. The van der Waals surface area contributed by atoms with E-state index in [-0.39, 0.29) is 6.04 Å². The van der Waals surface area contributed by atoms with Gasteiger partial charge < -0.3 is 4.90 Å². The molecule has 2 heteroatoms. The summed E-state index contributed by atoms with van der Waals surface area (Å²) < 4.78 is 1.11. The van der Waals surface area contributed by atoms with E-state index in [9.17, 15) is 0 Å². The second-order valence-electron chi connectivity index (χ2n) is 13.3. The summed E-state index contributed by atoms with van der Waals surface area (Å²) >= 11 is 4.14. The van der Waals surface area contributed by atoms with Crippen LogP contribution in [0.4, 0.5) is 11.4 Å². The Kier molecular flexibility index (Phi) is 8.10. The lowest BCUT2D eigenvalue weighted by Crippen LogP contribution is -2.31. The van der Waals surface area contributed by atoms with Gasteiger partial charge in [0.25, 0.3) is 0 Å². The van der Waals surface area contributed by atoms with Gasteiger partial charge in [0.1, 0.15) is 0 Å². The van der Waals surface area contributed by atoms with E-state index >= 15 is 0 Å². The lowest BCUT2D eigenvalue weighted by Gasteiger charge is -2.37. The van der Waals surface area contributed by atoms with Gasteiger partial charge in [-0.1, -0.05) is 192 Å². The Morgan fingerprint density at radius 3 is 1.69 bits per heavy atom. The quantitative estimate of drug-likeness (QED) is 0.159. The first-order valence-electron chi connectivity index (χ1n) is 17.7. The van der Waals surface area contributed by atoms with Crippen LogP contribution in [0.5, 0.6) is 0 Å². The first kappa shape index (κ1) is 31.3. The van der Waals surface area contributed by atoms with Crippen LogP contribution in [0.3, 0.4) is 0 Å². The van der Waals surface area contributed by atoms with Crippen molar-refractivity contribution in [3.8, 4) is 22.3 Å². The second kappa shape index (κ2) is 13.2. The van der Waals surface area contributed by atoms with Gasteiger partial charge >= 0.3 is 0 Å². The largest absolute Gasteiger partial charge is 0.334 e. The minimum atomic E-state index is -0.505. The fraction of sp³-hybridized carbons (Fsp3) is 0.0612. The maximum absolute atomic E-state index is 4.14. The number of anilines is 2. The molecule has 1 nitrogen and oxygen atoms in total. The molecule has 0 saturated carbocycles. The van der Waals surface area contributed by atoms with Crippen molar-refractivity contribution in [2.24, 2.45) is 0 Å². The van der Waals surface area contributed by atoms with E-state index in [1.165, 1.54) is 67.0 Å². The lowest BCUT2D eigenvalue weighted by atomic mass is 9.67. The van der Waals surface area contributed by atoms with Crippen molar-refractivity contribution in [3.63, 3.8) is 0 Å². The summed E-state index contributed by atoms with van der Waals surface area (Å²) in [6.45, 7) is 0. The maximum atomic E-state index is 4.14. The fourth-order valence-corrected chi connectivity index (χ4v) is 8.94. The molecule has 2 aliphatic carbocycles. The third-order valence-corrected chi connectivity index (χ3v) is 11.2. The molecule has 2 aliphatic rings. The average molecular weight is 719 g/mol. The van der Waals surface area contributed by atoms with Crippen LogP contribution in [0.15, 0.2) is 205 Å². The van der Waals surface area contributed by atoms with Crippen molar-refractivity contribution in [1.29, 1.82) is 0 Å². The summed E-state index contributed by atoms with van der Waals surface area (Å²) in [5.41, 5.74) is 14.4. The topological polar surface area (TPSA) is 3.24 Å². The van der Waals surface area contributed by atoms with Crippen molar-refractivity contribution in [2.75, 3.05) is 4.90 Å². The lowest BCUT2D eigenvalue weighted by molar-refractivity contribution is 0.761. The highest BCUT2D eigenvalue weighted by molar-refractivity contribution is 9.10. The molecule has 0 saturated heterocycles. The Morgan fingerprint density at radius 1 is 0.529 bits per heavy atom. The standard InChI is InChI=1S/C49H36BrN/c50-45-33-34-46(47-43-23-13-14-24-44(43)49(48(45)47,39-19-9-3-10-20-39)40-21-11-4-12-22-40)51(41-29-25-37(26-30-41)35-15-5-1-6-16-35)42-31-27-38(28-32-42)36-17-7-2-8-18-36/h1-31,33-34,42H,32H2. The van der Waals surface area contributed by atoms with Gasteiger partial charge in [0.05, 0.1) is 11.5 Å². The summed E-state index contributed by atoms with van der Waals surface area (Å²) in [6, 6.07) is 66.3. The Hall–Kier alpha value is -5.70. The monoisotopic (exact) mass is 717 g/mol. The van der Waals surface area contributed by atoms with Crippen molar-refractivity contribution in [2.45, 2.75) is 17.9 Å². The number of allylic oxidation sites excluding steroid dienone is 2. The molecule has 0 amide bonds. The van der Waals surface area contributed by atoms with Crippen LogP contribution in [-0.4, -0.2) is 6.04 Å². The molecule has 0 bridgehead atoms. The summed E-state index contributed by atoms with van der Waals surface area (Å²) in [5, 5.41) is 0. The van der Waals surface area contributed by atoms with E-state index in [0.717, 1.165) is 10.9 Å². The minimum Gasteiger partial charge on any atom is -0.334 e. The van der Waals surface area contributed by atoms with E-state index in [1.807, 2.05) is 0 Å². The summed E-state index contributed by atoms with van der Waals surface area (Å²) in [4.78, 5) is 2.57. The van der Waals surface area contributed by atoms with Gasteiger partial charge in [0.2, 0.25) is 0 Å². The first-order chi connectivity index (χ1) is 25.2. The number of hydrogen-bond donors (Lipinski definition) is 0. The molecule has 0 heterocycles. The molecule has 1 atom stereocenters. The molecule has 9 rings (SSSR count). The van der Waals surface area contributed by atoms with Crippen LogP contribution in [0.1, 0.15) is 34.2 Å². The van der Waals surface area contributed by atoms with Gasteiger partial charge in [0.15, 0.2) is 0 Å². The minimum absolute atomic E-state index is 0.112. The third kappa shape index (κ3) is 5.30. The van der Waals surface area contributed by atoms with Crippen LogP contribution >= 0.6 is 15.9 Å². The number of benzene rings is 7. The molecule has 0 N–H and O–H groups in total. The van der Waals surface area contributed by atoms with Crippen LogP contribution < -0.4 is 4.90 Å². The summed E-state index contributed by atoms with van der Waals surface area (Å²) in [7, 11) is 0. The Labute approximate surface area is 309 Å². The van der Waals surface area contributed by atoms with Gasteiger partial charge in [-0.05, 0) is 80.8 Å². The number of rotatable bonds is 7. The zero-order valence-corrected chi connectivity index (χ0v) is 29.7. The van der Waals surface area contributed by atoms with Crippen molar-refractivity contribution < 1.29 is 0 Å². The molecular formula is C49H36BrN. The molecular weight excluding hydrogens is 682 g/mol. The highest BCUT2D eigenvalue weighted by Gasteiger charge is 2.48. The van der Waals surface area contributed by atoms with E-state index in [2.05, 4.69) is 221 Å². The van der Waals surface area contributed by atoms with Gasteiger partial charge in [-0.15, -0.1) is 0 Å². The molecule has 244 valence electrons. The van der Waals surface area contributed by atoms with Crippen LogP contribution in [0, 0.1) is 0 Å². The molecule has 7 aromatic rings. The molecule has 0 spiro atoms. The van der Waals surface area contributed by atoms with Crippen molar-refractivity contribution in [1.82, 2.24) is 0 Å². The van der Waals surface area contributed by atoms with Crippen molar-refractivity contribution >= 4 is 32.9 Å². The van der Waals surface area contributed by atoms with Crippen molar-refractivity contribution in [3.05, 3.63) is 233 Å². The number of hydrogen-bond acceptors (Lipinski definition) is 1. The highest BCUT2D eigenvalue weighted by atomic mass is 79.9. The Morgan fingerprint density at radius 2 is 1.08 bits per heavy atom. The molecule has 51 heavy (non-hydrogen) atoms. The maximum Gasteiger partial charge on any atom is 0.0725 e. The number of halogens is 1. The molecule has 0 aromatic heterocycles. The van der Waals surface area contributed by atoms with Gasteiger partial charge in [-0.3, -0.25) is 0 Å². The highest BCUT2D eigenvalue weighted by Crippen LogP contribution is 2.61. The predicted octanol–water partition coefficient (Wildman–Crippen LogP) is 13.0. The van der Waals surface area contributed by atoms with Crippen LogP contribution in [0.2, 0.25) is 0 Å². The zero-order chi connectivity index (χ0) is 34.2. The van der Waals surface area contributed by atoms with E-state index < -0.39 is 5.41 Å². The Bertz CT molecular complexity index is 2340. The second-order valence-corrected chi connectivity index (χ2v) is 14.2. The molecule has 7 aromatic carbocycles. The smallest absolute Gasteiger partial charge is 0.0725 e. The van der Waals surface area contributed by atoms with E-state index in [1.54, 1.807) is 0 Å². The van der Waals surface area contributed by atoms with Gasteiger partial charge in [0, 0.05) is 21.4 Å². The van der Waals surface area contributed by atoms with Crippen LogP contribution in [-0.2, 0) is 5.41 Å². The van der Waals surface area contributed by atoms with Crippen LogP contribution in [0.25, 0.3) is 27.8 Å². The Balaban J connectivity index is 1.28. The fourth-order valence-electron chi connectivity index (χ4n) is 8.31. The average Bonchev–Trinajstić information content (AvgIpc) is 3.54. The van der Waals surface area contributed by atoms with E-state index in [4.69, 9.17) is 0 Å². The predicted molar refractivity (Wildman–Crippen MR) is 217 cm³/mol. The van der Waals surface area contributed by atoms with Gasteiger partial charge in [-0.25, -0.2) is 0 Å². The van der Waals surface area contributed by atoms with Gasteiger partial charge in [-0.2, -0.15) is 0 Å². The SMILES string of the molecule is Brc1ccc(N(c2ccc(-c3ccccc3)cc2)C2C=CC(c3ccccc3)=CC2)c2c1C(c1ccccc1)(c1ccccc1)c1ccccc1-2. The number of fused-ring (bicyclic) bond motifs is 3. The molecule has 1 unspecified atom stereocenters. The zero-order valence-electron chi connectivity index (χ0n) is 28.2. The van der Waals surface area contributed by atoms with E-state index in [0.29, 0.717) is 0 Å². The normalized spacial score (nSPS) is 15.5. The number of nitrogens with zero attached hydrogens (tertiary/aromatic N) is 1. The third-order valence-electron chi connectivity index (χ3n) is 10.5.